The zero-order chi connectivity index (χ0) is 22.2. The van der Waals surface area contributed by atoms with Gasteiger partial charge in [-0.1, -0.05) is 16.8 Å². The molecule has 2 amide bonds. The third-order valence-electron chi connectivity index (χ3n) is 5.82. The lowest BCUT2D eigenvalue weighted by atomic mass is 10.1. The Morgan fingerprint density at radius 2 is 2.00 bits per heavy atom. The van der Waals surface area contributed by atoms with Gasteiger partial charge in [0.15, 0.2) is 5.76 Å². The van der Waals surface area contributed by atoms with Gasteiger partial charge in [-0.3, -0.25) is 9.59 Å². The Labute approximate surface area is 190 Å². The molecule has 3 aromatic rings. The summed E-state index contributed by atoms with van der Waals surface area (Å²) in [5.41, 5.74) is 3.44. The van der Waals surface area contributed by atoms with Crippen molar-refractivity contribution in [3.05, 3.63) is 64.8 Å². The van der Waals surface area contributed by atoms with Crippen LogP contribution >= 0.6 is 11.6 Å². The highest BCUT2D eigenvalue weighted by molar-refractivity contribution is 6.30. The number of nitrogens with zero attached hydrogens (tertiary/aromatic N) is 2. The molecule has 8 heteroatoms. The van der Waals surface area contributed by atoms with Crippen LogP contribution in [0.4, 0.5) is 5.69 Å². The summed E-state index contributed by atoms with van der Waals surface area (Å²) < 4.78 is 11.2. The van der Waals surface area contributed by atoms with Crippen LogP contribution in [0.2, 0.25) is 5.02 Å². The summed E-state index contributed by atoms with van der Waals surface area (Å²) in [5, 5.41) is 7.55. The smallest absolute Gasteiger partial charge is 0.227 e. The highest BCUT2D eigenvalue weighted by Gasteiger charge is 2.35. The molecule has 2 aromatic carbocycles. The fraction of sp³-hybridized carbons (Fsp3) is 0.292. The monoisotopic (exact) mass is 451 g/mol. The normalized spacial score (nSPS) is 19.7. The van der Waals surface area contributed by atoms with Gasteiger partial charge in [0.25, 0.3) is 0 Å². The van der Waals surface area contributed by atoms with Gasteiger partial charge in [-0.25, -0.2) is 0 Å². The van der Waals surface area contributed by atoms with E-state index >= 15 is 0 Å². The van der Waals surface area contributed by atoms with Crippen LogP contribution in [0.15, 0.2) is 53.1 Å². The maximum absolute atomic E-state index is 12.6. The first-order chi connectivity index (χ1) is 15.5. The van der Waals surface area contributed by atoms with Crippen molar-refractivity contribution in [1.82, 2.24) is 10.5 Å². The number of benzene rings is 2. The van der Waals surface area contributed by atoms with Gasteiger partial charge in [-0.05, 0) is 55.0 Å². The van der Waals surface area contributed by atoms with Gasteiger partial charge in [-0.2, -0.15) is 0 Å². The molecule has 1 aromatic heterocycles. The first-order valence-corrected chi connectivity index (χ1v) is 10.9. The van der Waals surface area contributed by atoms with Crippen molar-refractivity contribution < 1.29 is 18.8 Å². The van der Waals surface area contributed by atoms with E-state index in [0.29, 0.717) is 23.0 Å². The summed E-state index contributed by atoms with van der Waals surface area (Å²) in [6, 6.07) is 14.8. The zero-order valence-electron chi connectivity index (χ0n) is 17.5. The lowest BCUT2D eigenvalue weighted by Crippen LogP contribution is -2.32. The number of halogens is 1. The summed E-state index contributed by atoms with van der Waals surface area (Å²) in [7, 11) is 0. The predicted molar refractivity (Wildman–Crippen MR) is 119 cm³/mol. The molecule has 7 nitrogen and oxygen atoms in total. The van der Waals surface area contributed by atoms with Gasteiger partial charge in [0.05, 0.1) is 12.5 Å². The Bertz CT molecular complexity index is 1170. The molecule has 2 atom stereocenters. The molecular formula is C24H22ClN3O4. The van der Waals surface area contributed by atoms with Crippen LogP contribution in [0.5, 0.6) is 5.75 Å². The van der Waals surface area contributed by atoms with E-state index in [9.17, 15) is 9.59 Å². The first kappa shape index (κ1) is 20.6. The van der Waals surface area contributed by atoms with Gasteiger partial charge < -0.3 is 19.5 Å². The highest BCUT2D eigenvalue weighted by Crippen LogP contribution is 2.33. The summed E-state index contributed by atoms with van der Waals surface area (Å²) >= 11 is 5.92. The van der Waals surface area contributed by atoms with Crippen molar-refractivity contribution in [3.63, 3.8) is 0 Å². The Balaban J connectivity index is 1.19. The van der Waals surface area contributed by atoms with Crippen molar-refractivity contribution in [2.75, 3.05) is 11.4 Å². The molecule has 2 unspecified atom stereocenters. The summed E-state index contributed by atoms with van der Waals surface area (Å²) in [5.74, 6) is 0.881. The average Bonchev–Trinajstić information content (AvgIpc) is 3.49. The molecule has 164 valence electrons. The molecule has 0 aliphatic carbocycles. The van der Waals surface area contributed by atoms with Gasteiger partial charge in [-0.15, -0.1) is 0 Å². The van der Waals surface area contributed by atoms with E-state index in [1.807, 2.05) is 25.1 Å². The molecule has 2 aliphatic rings. The van der Waals surface area contributed by atoms with E-state index in [1.54, 1.807) is 29.2 Å². The number of anilines is 1. The summed E-state index contributed by atoms with van der Waals surface area (Å²) in [6.45, 7) is 2.62. The van der Waals surface area contributed by atoms with E-state index in [-0.39, 0.29) is 30.9 Å². The molecule has 32 heavy (non-hydrogen) atoms. The third kappa shape index (κ3) is 4.08. The molecule has 0 radical (unpaired) electrons. The van der Waals surface area contributed by atoms with Gasteiger partial charge in [0.2, 0.25) is 11.8 Å². The quantitative estimate of drug-likeness (QED) is 0.634. The number of hydrogen-bond acceptors (Lipinski definition) is 5. The molecule has 0 saturated carbocycles. The number of ether oxygens (including phenoxy) is 1. The third-order valence-corrected chi connectivity index (χ3v) is 6.07. The van der Waals surface area contributed by atoms with Crippen molar-refractivity contribution in [2.24, 2.45) is 5.92 Å². The van der Waals surface area contributed by atoms with Crippen molar-refractivity contribution in [2.45, 2.75) is 32.4 Å². The summed E-state index contributed by atoms with van der Waals surface area (Å²) in [6.07, 6.45) is 1.22. The van der Waals surface area contributed by atoms with E-state index in [2.05, 4.69) is 16.5 Å². The van der Waals surface area contributed by atoms with Crippen LogP contribution in [-0.2, 0) is 22.6 Å². The molecule has 5 rings (SSSR count). The molecule has 1 fully saturated rings. The lowest BCUT2D eigenvalue weighted by molar-refractivity contribution is -0.126. The maximum atomic E-state index is 12.6. The Morgan fingerprint density at radius 1 is 1.19 bits per heavy atom. The van der Waals surface area contributed by atoms with E-state index in [4.69, 9.17) is 20.9 Å². The second kappa shape index (κ2) is 8.31. The number of hydrogen-bond donors (Lipinski definition) is 1. The minimum atomic E-state index is -0.414. The van der Waals surface area contributed by atoms with E-state index in [1.165, 1.54) is 0 Å². The molecule has 0 spiro atoms. The number of rotatable bonds is 5. The second-order valence-electron chi connectivity index (χ2n) is 8.24. The molecule has 2 aliphatic heterocycles. The van der Waals surface area contributed by atoms with Crippen molar-refractivity contribution in [3.8, 4) is 17.1 Å². The predicted octanol–water partition coefficient (Wildman–Crippen LogP) is 3.99. The van der Waals surface area contributed by atoms with Crippen LogP contribution in [-0.4, -0.2) is 29.6 Å². The fourth-order valence-corrected chi connectivity index (χ4v) is 4.31. The SMILES string of the molecule is CC1Cc2cc(-c3cc(CNC(=O)C4CC(=O)N(c5ccc(Cl)cc5)C4)no3)ccc2O1. The number of carbonyl (C=O) groups is 2. The number of aromatic nitrogens is 1. The van der Waals surface area contributed by atoms with Gasteiger partial charge in [0.1, 0.15) is 17.5 Å². The second-order valence-corrected chi connectivity index (χ2v) is 8.67. The molecule has 1 N–H and O–H groups in total. The first-order valence-electron chi connectivity index (χ1n) is 10.6. The molecule has 3 heterocycles. The van der Waals surface area contributed by atoms with Crippen LogP contribution in [0.25, 0.3) is 11.3 Å². The largest absolute Gasteiger partial charge is 0.490 e. The van der Waals surface area contributed by atoms with Crippen LogP contribution < -0.4 is 15.0 Å². The van der Waals surface area contributed by atoms with Crippen LogP contribution in [0, 0.1) is 5.92 Å². The van der Waals surface area contributed by atoms with E-state index in [0.717, 1.165) is 29.0 Å². The maximum Gasteiger partial charge on any atom is 0.227 e. The molecule has 1 saturated heterocycles. The lowest BCUT2D eigenvalue weighted by Gasteiger charge is -2.16. The number of carbonyl (C=O) groups excluding carboxylic acids is 2. The van der Waals surface area contributed by atoms with Gasteiger partial charge >= 0.3 is 0 Å². The zero-order valence-corrected chi connectivity index (χ0v) is 18.3. The van der Waals surface area contributed by atoms with Crippen LogP contribution in [0.3, 0.4) is 0 Å². The van der Waals surface area contributed by atoms with Crippen LogP contribution in [0.1, 0.15) is 24.6 Å². The van der Waals surface area contributed by atoms with Gasteiger partial charge in [0, 0.05) is 41.7 Å². The summed E-state index contributed by atoms with van der Waals surface area (Å²) in [4.78, 5) is 26.7. The Hall–Kier alpha value is -3.32. The number of amides is 2. The molecule has 0 bridgehead atoms. The Kier molecular flexibility index (Phi) is 5.35. The average molecular weight is 452 g/mol. The fourth-order valence-electron chi connectivity index (χ4n) is 4.18. The van der Waals surface area contributed by atoms with Crippen molar-refractivity contribution in [1.29, 1.82) is 0 Å². The number of fused-ring (bicyclic) bond motifs is 1. The van der Waals surface area contributed by atoms with E-state index < -0.39 is 5.92 Å². The highest BCUT2D eigenvalue weighted by atomic mass is 35.5. The Morgan fingerprint density at radius 3 is 2.81 bits per heavy atom. The molecular weight excluding hydrogens is 430 g/mol. The standard InChI is InChI=1S/C24H22ClN3O4/c1-14-8-16-9-15(2-7-21(16)31-14)22-11-19(27-32-22)12-26-24(30)17-10-23(29)28(13-17)20-5-3-18(25)4-6-20/h2-7,9,11,14,17H,8,10,12-13H2,1H3,(H,26,30). The minimum absolute atomic E-state index is 0.0777. The topological polar surface area (TPSA) is 84.7 Å². The number of nitrogens with one attached hydrogen (secondary N) is 1. The minimum Gasteiger partial charge on any atom is -0.490 e. The van der Waals surface area contributed by atoms with Crippen molar-refractivity contribution >= 4 is 29.1 Å².